The van der Waals surface area contributed by atoms with Gasteiger partial charge in [-0.15, -0.1) is 0 Å². The van der Waals surface area contributed by atoms with E-state index in [1.54, 1.807) is 11.5 Å². The van der Waals surface area contributed by atoms with E-state index >= 15 is 0 Å². The molecule has 2 N–H and O–H groups in total. The van der Waals surface area contributed by atoms with E-state index in [0.717, 1.165) is 24.0 Å². The minimum atomic E-state index is -0.863. The van der Waals surface area contributed by atoms with E-state index in [1.807, 2.05) is 24.3 Å². The average molecular weight is 247 g/mol. The molecule has 0 saturated carbocycles. The zero-order valence-corrected chi connectivity index (χ0v) is 10.6. The van der Waals surface area contributed by atoms with Crippen LogP contribution < -0.4 is 5.32 Å². The highest BCUT2D eigenvalue weighted by Gasteiger charge is 2.20. The number of aliphatic carboxylic acids is 1. The lowest BCUT2D eigenvalue weighted by molar-refractivity contribution is -0.140. The third-order valence-corrected chi connectivity index (χ3v) is 2.87. The van der Waals surface area contributed by atoms with E-state index in [-0.39, 0.29) is 0 Å². The minimum absolute atomic E-state index is 0.618. The molecule has 0 spiro atoms. The Hall–Kier alpha value is -2.04. The fraction of sp³-hybridized carbons (Fsp3) is 0.385. The largest absolute Gasteiger partial charge is 0.480 e. The summed E-state index contributed by atoms with van der Waals surface area (Å²) in [6.45, 7) is 4.49. The summed E-state index contributed by atoms with van der Waals surface area (Å²) in [5.74, 6) is -0.245. The Kier molecular flexibility index (Phi) is 3.50. The van der Waals surface area contributed by atoms with Crippen molar-refractivity contribution in [1.29, 1.82) is 0 Å². The number of carboxylic acids is 1. The quantitative estimate of drug-likeness (QED) is 0.851. The van der Waals surface area contributed by atoms with E-state index in [1.165, 1.54) is 0 Å². The second-order valence-electron chi connectivity index (χ2n) is 4.24. The van der Waals surface area contributed by atoms with Crippen LogP contribution in [-0.4, -0.2) is 27.2 Å². The first-order chi connectivity index (χ1) is 8.65. The van der Waals surface area contributed by atoms with Gasteiger partial charge in [0.2, 0.25) is 5.95 Å². The molecule has 0 bridgehead atoms. The zero-order chi connectivity index (χ0) is 13.1. The lowest BCUT2D eigenvalue weighted by Crippen LogP contribution is -2.18. The molecule has 0 saturated heterocycles. The van der Waals surface area contributed by atoms with Crippen LogP contribution in [0.3, 0.4) is 0 Å². The van der Waals surface area contributed by atoms with Gasteiger partial charge in [-0.3, -0.25) is 4.57 Å². The van der Waals surface area contributed by atoms with E-state index < -0.39 is 12.0 Å². The molecule has 0 radical (unpaired) electrons. The standard InChI is InChI=1S/C13H17N3O2/c1-3-8-14-13-15-10-6-4-5-7-11(10)16(13)9(2)12(17)18/h4-7,9H,3,8H2,1-2H3,(H,14,15)(H,17,18). The Morgan fingerprint density at radius 2 is 2.22 bits per heavy atom. The molecule has 0 aliphatic carbocycles. The molecule has 1 heterocycles. The number of carboxylic acid groups (broad SMARTS) is 1. The van der Waals surface area contributed by atoms with Gasteiger partial charge in [0.15, 0.2) is 0 Å². The van der Waals surface area contributed by atoms with Crippen molar-refractivity contribution in [2.45, 2.75) is 26.3 Å². The highest BCUT2D eigenvalue weighted by Crippen LogP contribution is 2.24. The van der Waals surface area contributed by atoms with Crippen molar-refractivity contribution in [1.82, 2.24) is 9.55 Å². The topological polar surface area (TPSA) is 67.2 Å². The molecule has 5 heteroatoms. The van der Waals surface area contributed by atoms with E-state index in [2.05, 4.69) is 17.2 Å². The summed E-state index contributed by atoms with van der Waals surface area (Å²) in [6.07, 6.45) is 0.963. The zero-order valence-electron chi connectivity index (χ0n) is 10.6. The lowest BCUT2D eigenvalue weighted by Gasteiger charge is -2.14. The normalized spacial score (nSPS) is 12.6. The van der Waals surface area contributed by atoms with Crippen molar-refractivity contribution < 1.29 is 9.90 Å². The summed E-state index contributed by atoms with van der Waals surface area (Å²) in [6, 6.07) is 6.92. The molecular weight excluding hydrogens is 230 g/mol. The monoisotopic (exact) mass is 247 g/mol. The fourth-order valence-corrected chi connectivity index (χ4v) is 1.91. The number of rotatable bonds is 5. The Balaban J connectivity index is 2.53. The molecule has 18 heavy (non-hydrogen) atoms. The third kappa shape index (κ3) is 2.16. The number of para-hydroxylation sites is 2. The molecule has 0 aliphatic rings. The van der Waals surface area contributed by atoms with Gasteiger partial charge >= 0.3 is 5.97 Å². The van der Waals surface area contributed by atoms with Gasteiger partial charge in [-0.1, -0.05) is 19.1 Å². The van der Waals surface area contributed by atoms with Gasteiger partial charge < -0.3 is 10.4 Å². The Morgan fingerprint density at radius 1 is 1.50 bits per heavy atom. The van der Waals surface area contributed by atoms with Crippen LogP contribution in [-0.2, 0) is 4.79 Å². The predicted octanol–water partition coefficient (Wildman–Crippen LogP) is 2.50. The van der Waals surface area contributed by atoms with Crippen LogP contribution in [0.15, 0.2) is 24.3 Å². The smallest absolute Gasteiger partial charge is 0.326 e. The van der Waals surface area contributed by atoms with Crippen LogP contribution in [0.2, 0.25) is 0 Å². The average Bonchev–Trinajstić information content (AvgIpc) is 2.73. The van der Waals surface area contributed by atoms with Gasteiger partial charge in [0.1, 0.15) is 6.04 Å². The molecule has 0 aliphatic heterocycles. The fourth-order valence-electron chi connectivity index (χ4n) is 1.91. The summed E-state index contributed by atoms with van der Waals surface area (Å²) in [5, 5.41) is 12.4. The molecule has 96 valence electrons. The number of fused-ring (bicyclic) bond motifs is 1. The first-order valence-corrected chi connectivity index (χ1v) is 6.08. The van der Waals surface area contributed by atoms with E-state index in [0.29, 0.717) is 5.95 Å². The van der Waals surface area contributed by atoms with Crippen LogP contribution in [0.5, 0.6) is 0 Å². The van der Waals surface area contributed by atoms with Crippen molar-refractivity contribution in [3.05, 3.63) is 24.3 Å². The number of carbonyl (C=O) groups is 1. The highest BCUT2D eigenvalue weighted by atomic mass is 16.4. The molecule has 2 rings (SSSR count). The van der Waals surface area contributed by atoms with Gasteiger partial charge in [0.25, 0.3) is 0 Å². The van der Waals surface area contributed by atoms with E-state index in [9.17, 15) is 9.90 Å². The van der Waals surface area contributed by atoms with Crippen molar-refractivity contribution in [2.24, 2.45) is 0 Å². The maximum absolute atomic E-state index is 11.2. The van der Waals surface area contributed by atoms with Crippen molar-refractivity contribution >= 4 is 23.0 Å². The van der Waals surface area contributed by atoms with Gasteiger partial charge in [0, 0.05) is 6.54 Å². The second-order valence-corrected chi connectivity index (χ2v) is 4.24. The summed E-state index contributed by atoms with van der Waals surface area (Å²) in [5.41, 5.74) is 1.65. The molecule has 1 atom stereocenters. The van der Waals surface area contributed by atoms with Crippen molar-refractivity contribution in [2.75, 3.05) is 11.9 Å². The molecule has 0 fully saturated rings. The molecular formula is C13H17N3O2. The van der Waals surface area contributed by atoms with E-state index in [4.69, 9.17) is 0 Å². The van der Waals surface area contributed by atoms with Crippen LogP contribution in [0.25, 0.3) is 11.0 Å². The SMILES string of the molecule is CCCNc1nc2ccccc2n1C(C)C(=O)O. The number of hydrogen-bond donors (Lipinski definition) is 2. The molecule has 1 unspecified atom stereocenters. The number of imidazole rings is 1. The number of hydrogen-bond acceptors (Lipinski definition) is 3. The Bertz CT molecular complexity index is 562. The van der Waals surface area contributed by atoms with Crippen LogP contribution in [0, 0.1) is 0 Å². The molecule has 1 aromatic carbocycles. The van der Waals surface area contributed by atoms with Crippen LogP contribution in [0.1, 0.15) is 26.3 Å². The van der Waals surface area contributed by atoms with Gasteiger partial charge in [0.05, 0.1) is 11.0 Å². The van der Waals surface area contributed by atoms with Crippen molar-refractivity contribution in [3.63, 3.8) is 0 Å². The number of aromatic nitrogens is 2. The molecule has 1 aromatic heterocycles. The number of benzene rings is 1. The maximum atomic E-state index is 11.2. The summed E-state index contributed by atoms with van der Waals surface area (Å²) in [4.78, 5) is 15.6. The second kappa shape index (κ2) is 5.08. The Morgan fingerprint density at radius 3 is 2.89 bits per heavy atom. The predicted molar refractivity (Wildman–Crippen MR) is 70.9 cm³/mol. The van der Waals surface area contributed by atoms with Crippen molar-refractivity contribution in [3.8, 4) is 0 Å². The summed E-state index contributed by atoms with van der Waals surface area (Å²) >= 11 is 0. The highest BCUT2D eigenvalue weighted by molar-refractivity contribution is 5.82. The molecule has 2 aromatic rings. The lowest BCUT2D eigenvalue weighted by atomic mass is 10.3. The molecule has 0 amide bonds. The first kappa shape index (κ1) is 12.4. The number of nitrogens with zero attached hydrogens (tertiary/aromatic N) is 2. The number of anilines is 1. The van der Waals surface area contributed by atoms with Crippen LogP contribution in [0.4, 0.5) is 5.95 Å². The maximum Gasteiger partial charge on any atom is 0.326 e. The van der Waals surface area contributed by atoms with Gasteiger partial charge in [-0.25, -0.2) is 9.78 Å². The summed E-state index contributed by atoms with van der Waals surface area (Å²) in [7, 11) is 0. The van der Waals surface area contributed by atoms with Gasteiger partial charge in [-0.2, -0.15) is 0 Å². The Labute approximate surface area is 105 Å². The summed E-state index contributed by atoms with van der Waals surface area (Å²) < 4.78 is 1.73. The molecule has 5 nitrogen and oxygen atoms in total. The number of nitrogens with one attached hydrogen (secondary N) is 1. The van der Waals surface area contributed by atoms with Crippen LogP contribution >= 0.6 is 0 Å². The first-order valence-electron chi connectivity index (χ1n) is 6.08. The van der Waals surface area contributed by atoms with Gasteiger partial charge in [-0.05, 0) is 25.5 Å². The third-order valence-electron chi connectivity index (χ3n) is 2.87. The minimum Gasteiger partial charge on any atom is -0.480 e.